The van der Waals surface area contributed by atoms with E-state index in [0.29, 0.717) is 7.14 Å². The Morgan fingerprint density at radius 3 is 1.37 bits per heavy atom. The van der Waals surface area contributed by atoms with Crippen molar-refractivity contribution in [1.29, 1.82) is 0 Å². The largest absolute Gasteiger partial charge is 0.394 e. The number of carbonyl (C=O) groups excluding carboxylic acids is 3. The number of anilines is 1. The fourth-order valence-electron chi connectivity index (χ4n) is 3.03. The number of aliphatic hydroxyl groups is 6. The van der Waals surface area contributed by atoms with E-state index in [9.17, 15) is 34.8 Å². The molecule has 198 valence electrons. The molecule has 0 fully saturated rings. The molecule has 0 aliphatic rings. The van der Waals surface area contributed by atoms with Crippen molar-refractivity contribution in [3.05, 3.63) is 21.8 Å². The fraction of sp³-hybridized carbons (Fsp3) is 0.550. The van der Waals surface area contributed by atoms with Crippen LogP contribution in [0.3, 0.4) is 0 Å². The van der Waals surface area contributed by atoms with Gasteiger partial charge in [-0.05, 0) is 80.6 Å². The third-order valence-electron chi connectivity index (χ3n) is 4.72. The Labute approximate surface area is 242 Å². The van der Waals surface area contributed by atoms with Crippen molar-refractivity contribution < 1.29 is 45.0 Å². The molecule has 0 aliphatic heterocycles. The maximum atomic E-state index is 13.2. The van der Waals surface area contributed by atoms with Gasteiger partial charge in [0.1, 0.15) is 0 Å². The van der Waals surface area contributed by atoms with Gasteiger partial charge in [0, 0.05) is 10.5 Å². The van der Waals surface area contributed by atoms with Crippen molar-refractivity contribution in [1.82, 2.24) is 10.6 Å². The number of carbonyl (C=O) groups is 3. The fourth-order valence-corrected chi connectivity index (χ4v) is 7.44. The SMILES string of the molecule is CC(=O)Nc1c(I)c(C(=O)NC(CO)CC(O)CO)c(I)c(C(=O)NC(CO)CC(O)CO)c1I. The van der Waals surface area contributed by atoms with Gasteiger partial charge in [0.25, 0.3) is 11.8 Å². The summed E-state index contributed by atoms with van der Waals surface area (Å²) in [5, 5.41) is 64.4. The van der Waals surface area contributed by atoms with Crippen LogP contribution < -0.4 is 16.0 Å². The van der Waals surface area contributed by atoms with Crippen LogP contribution in [0.25, 0.3) is 0 Å². The molecule has 1 aromatic rings. The zero-order valence-corrected chi connectivity index (χ0v) is 25.1. The number of benzene rings is 1. The lowest BCUT2D eigenvalue weighted by molar-refractivity contribution is -0.114. The Morgan fingerprint density at radius 2 is 1.09 bits per heavy atom. The minimum absolute atomic E-state index is 0.0356. The minimum atomic E-state index is -1.16. The monoisotopic (exact) mass is 835 g/mol. The third-order valence-corrected chi connectivity index (χ3v) is 7.95. The van der Waals surface area contributed by atoms with Gasteiger partial charge in [-0.1, -0.05) is 0 Å². The van der Waals surface area contributed by atoms with Gasteiger partial charge in [0.15, 0.2) is 0 Å². The van der Waals surface area contributed by atoms with Gasteiger partial charge in [-0.2, -0.15) is 0 Å². The third kappa shape index (κ3) is 9.43. The molecule has 4 atom stereocenters. The standard InChI is InChI=1S/C20H28I3N3O9/c1-8(31)24-18-16(22)13(19(34)25-9(4-27)2-11(32)6-29)15(21)14(17(18)23)20(35)26-10(5-28)3-12(33)7-30/h9-12,27-30,32-33H,2-7H2,1H3,(H,24,31)(H,25,34)(H,26,35). The normalized spacial score (nSPS) is 14.6. The minimum Gasteiger partial charge on any atom is -0.394 e. The van der Waals surface area contributed by atoms with Crippen LogP contribution in [0.1, 0.15) is 40.5 Å². The lowest BCUT2D eigenvalue weighted by atomic mass is 10.0. The highest BCUT2D eigenvalue weighted by atomic mass is 127. The Hall–Kier alpha value is -0.420. The molecule has 3 amide bonds. The quantitative estimate of drug-likeness (QED) is 0.113. The lowest BCUT2D eigenvalue weighted by Gasteiger charge is -2.23. The van der Waals surface area contributed by atoms with Gasteiger partial charge in [0.2, 0.25) is 5.91 Å². The first-order chi connectivity index (χ1) is 16.4. The summed E-state index contributed by atoms with van der Waals surface area (Å²) >= 11 is 5.52. The van der Waals surface area contributed by atoms with Crippen LogP contribution >= 0.6 is 67.8 Å². The van der Waals surface area contributed by atoms with Crippen molar-refractivity contribution in [2.75, 3.05) is 31.7 Å². The van der Waals surface area contributed by atoms with Gasteiger partial charge < -0.3 is 46.6 Å². The van der Waals surface area contributed by atoms with Crippen LogP contribution in [-0.4, -0.2) is 99.1 Å². The van der Waals surface area contributed by atoms with Crippen LogP contribution in [0.2, 0.25) is 0 Å². The zero-order valence-electron chi connectivity index (χ0n) is 18.6. The molecule has 0 heterocycles. The number of aliphatic hydroxyl groups excluding tert-OH is 6. The average Bonchev–Trinajstić information content (AvgIpc) is 2.80. The summed E-state index contributed by atoms with van der Waals surface area (Å²) in [6.45, 7) is -0.882. The summed E-state index contributed by atoms with van der Waals surface area (Å²) in [4.78, 5) is 38.2. The van der Waals surface area contributed by atoms with E-state index < -0.39 is 68.4 Å². The van der Waals surface area contributed by atoms with Crippen LogP contribution in [0.4, 0.5) is 5.69 Å². The van der Waals surface area contributed by atoms with Gasteiger partial charge in [0.05, 0.1) is 74.7 Å². The van der Waals surface area contributed by atoms with E-state index in [1.54, 1.807) is 0 Å². The molecule has 1 rings (SSSR count). The average molecular weight is 835 g/mol. The highest BCUT2D eigenvalue weighted by Crippen LogP contribution is 2.36. The van der Waals surface area contributed by atoms with E-state index in [1.165, 1.54) is 6.92 Å². The Bertz CT molecular complexity index is 859. The second kappa shape index (κ2) is 15.7. The van der Waals surface area contributed by atoms with Gasteiger partial charge in [-0.15, -0.1) is 0 Å². The van der Waals surface area contributed by atoms with E-state index in [2.05, 4.69) is 16.0 Å². The molecule has 12 nitrogen and oxygen atoms in total. The Balaban J connectivity index is 3.52. The Morgan fingerprint density at radius 1 is 0.714 bits per heavy atom. The molecule has 0 bridgehead atoms. The van der Waals surface area contributed by atoms with Crippen molar-refractivity contribution in [2.24, 2.45) is 0 Å². The molecule has 0 aromatic heterocycles. The molecule has 1 aromatic carbocycles. The molecule has 0 radical (unpaired) electrons. The number of hydrogen-bond donors (Lipinski definition) is 9. The highest BCUT2D eigenvalue weighted by molar-refractivity contribution is 14.1. The van der Waals surface area contributed by atoms with E-state index in [0.717, 1.165) is 0 Å². The molecule has 15 heteroatoms. The summed E-state index contributed by atoms with van der Waals surface area (Å²) in [6, 6.07) is -1.79. The number of hydrogen-bond acceptors (Lipinski definition) is 9. The summed E-state index contributed by atoms with van der Waals surface area (Å²) < 4.78 is 0.878. The highest BCUT2D eigenvalue weighted by Gasteiger charge is 2.30. The maximum Gasteiger partial charge on any atom is 0.253 e. The van der Waals surface area contributed by atoms with Gasteiger partial charge in [-0.3, -0.25) is 14.4 Å². The van der Waals surface area contributed by atoms with Gasteiger partial charge in [-0.25, -0.2) is 0 Å². The Kier molecular flexibility index (Phi) is 14.7. The molecule has 4 unspecified atom stereocenters. The van der Waals surface area contributed by atoms with E-state index >= 15 is 0 Å². The summed E-state index contributed by atoms with van der Waals surface area (Å²) in [7, 11) is 0. The second-order valence-electron chi connectivity index (χ2n) is 7.60. The summed E-state index contributed by atoms with van der Waals surface area (Å²) in [5.41, 5.74) is 0.281. The summed E-state index contributed by atoms with van der Waals surface area (Å²) in [6.07, 6.45) is -2.56. The first-order valence-electron chi connectivity index (χ1n) is 10.3. The second-order valence-corrected chi connectivity index (χ2v) is 10.8. The van der Waals surface area contributed by atoms with Crippen molar-refractivity contribution >= 4 is 91.2 Å². The topological polar surface area (TPSA) is 209 Å². The van der Waals surface area contributed by atoms with Crippen molar-refractivity contribution in [3.63, 3.8) is 0 Å². The zero-order chi connectivity index (χ0) is 26.9. The van der Waals surface area contributed by atoms with Crippen LogP contribution in [0.15, 0.2) is 0 Å². The molecule has 0 aliphatic carbocycles. The first kappa shape index (κ1) is 32.6. The molecular weight excluding hydrogens is 807 g/mol. The van der Waals surface area contributed by atoms with E-state index in [4.69, 9.17) is 10.2 Å². The molecule has 0 spiro atoms. The maximum absolute atomic E-state index is 13.2. The predicted molar refractivity (Wildman–Crippen MR) is 151 cm³/mol. The number of amides is 3. The van der Waals surface area contributed by atoms with Crippen molar-refractivity contribution in [2.45, 2.75) is 44.1 Å². The lowest BCUT2D eigenvalue weighted by Crippen LogP contribution is -2.42. The smallest absolute Gasteiger partial charge is 0.253 e. The van der Waals surface area contributed by atoms with Crippen LogP contribution in [0.5, 0.6) is 0 Å². The van der Waals surface area contributed by atoms with Crippen LogP contribution in [0, 0.1) is 10.7 Å². The number of halogens is 3. The first-order valence-corrected chi connectivity index (χ1v) is 13.5. The van der Waals surface area contributed by atoms with Gasteiger partial charge >= 0.3 is 0 Å². The number of nitrogens with one attached hydrogen (secondary N) is 3. The van der Waals surface area contributed by atoms with Crippen molar-refractivity contribution in [3.8, 4) is 0 Å². The molecule has 9 N–H and O–H groups in total. The van der Waals surface area contributed by atoms with E-state index in [-0.39, 0.29) is 33.2 Å². The molecule has 0 saturated heterocycles. The van der Waals surface area contributed by atoms with Crippen LogP contribution in [-0.2, 0) is 4.79 Å². The van der Waals surface area contributed by atoms with E-state index in [1.807, 2.05) is 67.8 Å². The molecule has 0 saturated carbocycles. The molecule has 35 heavy (non-hydrogen) atoms. The predicted octanol–water partition coefficient (Wildman–Crippen LogP) is -0.873. The molecular formula is C20H28I3N3O9. The number of rotatable bonds is 13. The summed E-state index contributed by atoms with van der Waals surface area (Å²) in [5.74, 6) is -1.82.